The minimum atomic E-state index is -0.0123. The van der Waals surface area contributed by atoms with Gasteiger partial charge in [-0.3, -0.25) is 4.79 Å². The number of rotatable bonds is 6. The number of aliphatic imine (C=N–C) groups is 1. The minimum absolute atomic E-state index is 0. The van der Waals surface area contributed by atoms with E-state index in [0.717, 1.165) is 30.8 Å². The smallest absolute Gasteiger partial charge is 0.248 e. The van der Waals surface area contributed by atoms with E-state index in [4.69, 9.17) is 9.47 Å². The summed E-state index contributed by atoms with van der Waals surface area (Å²) in [5.41, 5.74) is 3.00. The first-order valence-corrected chi connectivity index (χ1v) is 9.82. The highest BCUT2D eigenvalue weighted by Gasteiger charge is 2.21. The molecule has 2 aromatic rings. The summed E-state index contributed by atoms with van der Waals surface area (Å²) in [5.74, 6) is 1.80. The number of halogens is 1. The van der Waals surface area contributed by atoms with E-state index < -0.39 is 0 Å². The van der Waals surface area contributed by atoms with Crippen LogP contribution in [0.4, 0.5) is 11.4 Å². The highest BCUT2D eigenvalue weighted by molar-refractivity contribution is 14.0. The molecule has 0 aliphatic carbocycles. The van der Waals surface area contributed by atoms with Crippen molar-refractivity contribution in [2.24, 2.45) is 4.99 Å². The molecule has 8 heteroatoms. The van der Waals surface area contributed by atoms with Gasteiger partial charge in [0, 0.05) is 30.5 Å². The maximum Gasteiger partial charge on any atom is 0.248 e. The standard InChI is InChI=1S/C22H28N4O3.HI/c1-4-23-22(25-17-11-12-19(28-2)20(14-17)29-3)24-15-21(27)26-13-7-9-16-8-5-6-10-18(16)26;/h5-6,8,10-12,14H,4,7,9,13,15H2,1-3H3,(H2,23,24,25);1H. The summed E-state index contributed by atoms with van der Waals surface area (Å²) in [6.07, 6.45) is 1.98. The number of para-hydroxylation sites is 1. The van der Waals surface area contributed by atoms with Crippen LogP contribution in [-0.2, 0) is 11.2 Å². The first-order valence-electron chi connectivity index (χ1n) is 9.82. The number of methoxy groups -OCH3 is 2. The molecule has 1 aliphatic rings. The number of ether oxygens (including phenoxy) is 2. The van der Waals surface area contributed by atoms with Gasteiger partial charge in [0.1, 0.15) is 6.54 Å². The van der Waals surface area contributed by atoms with Crippen molar-refractivity contribution in [3.63, 3.8) is 0 Å². The molecule has 2 N–H and O–H groups in total. The molecule has 0 atom stereocenters. The topological polar surface area (TPSA) is 75.2 Å². The predicted molar refractivity (Wildman–Crippen MR) is 132 cm³/mol. The molecule has 2 aromatic carbocycles. The van der Waals surface area contributed by atoms with Gasteiger partial charge in [-0.2, -0.15) is 0 Å². The molecule has 0 saturated heterocycles. The zero-order valence-corrected chi connectivity index (χ0v) is 19.9. The van der Waals surface area contributed by atoms with Crippen molar-refractivity contribution >= 4 is 47.2 Å². The van der Waals surface area contributed by atoms with Crippen LogP contribution in [0.1, 0.15) is 18.9 Å². The summed E-state index contributed by atoms with van der Waals surface area (Å²) in [7, 11) is 3.19. The Kier molecular flexibility index (Phi) is 9.22. The van der Waals surface area contributed by atoms with Crippen molar-refractivity contribution in [3.8, 4) is 11.5 Å². The molecule has 1 heterocycles. The van der Waals surface area contributed by atoms with E-state index in [-0.39, 0.29) is 36.4 Å². The number of nitrogens with zero attached hydrogens (tertiary/aromatic N) is 2. The van der Waals surface area contributed by atoms with Gasteiger partial charge in [0.15, 0.2) is 17.5 Å². The monoisotopic (exact) mass is 524 g/mol. The molecular formula is C22H29IN4O3. The van der Waals surface area contributed by atoms with Gasteiger partial charge in [-0.05, 0) is 43.5 Å². The zero-order chi connectivity index (χ0) is 20.6. The van der Waals surface area contributed by atoms with E-state index in [9.17, 15) is 4.79 Å². The van der Waals surface area contributed by atoms with Crippen LogP contribution >= 0.6 is 24.0 Å². The number of benzene rings is 2. The lowest BCUT2D eigenvalue weighted by Crippen LogP contribution is -2.38. The molecular weight excluding hydrogens is 495 g/mol. The molecule has 1 aliphatic heterocycles. The number of guanidine groups is 1. The van der Waals surface area contributed by atoms with Crippen LogP contribution in [0.5, 0.6) is 11.5 Å². The van der Waals surface area contributed by atoms with Crippen LogP contribution in [0.25, 0.3) is 0 Å². The number of fused-ring (bicyclic) bond motifs is 1. The number of anilines is 2. The molecule has 3 rings (SSSR count). The lowest BCUT2D eigenvalue weighted by atomic mass is 10.0. The summed E-state index contributed by atoms with van der Waals surface area (Å²) >= 11 is 0. The van der Waals surface area contributed by atoms with Crippen molar-refractivity contribution in [2.45, 2.75) is 19.8 Å². The summed E-state index contributed by atoms with van der Waals surface area (Å²) < 4.78 is 10.6. The number of carbonyl (C=O) groups is 1. The Hall–Kier alpha value is -2.49. The number of amides is 1. The maximum atomic E-state index is 12.8. The lowest BCUT2D eigenvalue weighted by Gasteiger charge is -2.29. The van der Waals surface area contributed by atoms with Gasteiger partial charge in [0.2, 0.25) is 5.91 Å². The average Bonchev–Trinajstić information content (AvgIpc) is 2.76. The van der Waals surface area contributed by atoms with Gasteiger partial charge in [0.05, 0.1) is 14.2 Å². The van der Waals surface area contributed by atoms with Gasteiger partial charge in [-0.25, -0.2) is 4.99 Å². The number of aryl methyl sites for hydroxylation is 1. The fraction of sp³-hybridized carbons (Fsp3) is 0.364. The normalized spacial score (nSPS) is 13.0. The highest BCUT2D eigenvalue weighted by Crippen LogP contribution is 2.30. The first-order chi connectivity index (χ1) is 14.2. The van der Waals surface area contributed by atoms with Gasteiger partial charge >= 0.3 is 0 Å². The second-order valence-corrected chi connectivity index (χ2v) is 6.67. The predicted octanol–water partition coefficient (Wildman–Crippen LogP) is 3.68. The summed E-state index contributed by atoms with van der Waals surface area (Å²) in [5, 5.41) is 6.39. The second-order valence-electron chi connectivity index (χ2n) is 6.67. The Balaban J connectivity index is 0.00000320. The van der Waals surface area contributed by atoms with E-state index in [1.54, 1.807) is 14.2 Å². The van der Waals surface area contributed by atoms with Gasteiger partial charge in [-0.1, -0.05) is 18.2 Å². The third-order valence-corrected chi connectivity index (χ3v) is 4.77. The second kappa shape index (κ2) is 11.6. The lowest BCUT2D eigenvalue weighted by molar-refractivity contribution is -0.117. The van der Waals surface area contributed by atoms with Crippen molar-refractivity contribution in [1.29, 1.82) is 0 Å². The quantitative estimate of drug-likeness (QED) is 0.343. The molecule has 0 bridgehead atoms. The Morgan fingerprint density at radius 3 is 2.63 bits per heavy atom. The molecule has 0 unspecified atom stereocenters. The number of carbonyl (C=O) groups excluding carboxylic acids is 1. The Morgan fingerprint density at radius 2 is 1.90 bits per heavy atom. The molecule has 7 nitrogen and oxygen atoms in total. The largest absolute Gasteiger partial charge is 0.493 e. The third-order valence-electron chi connectivity index (χ3n) is 4.77. The van der Waals surface area contributed by atoms with E-state index in [1.165, 1.54) is 5.56 Å². The third kappa shape index (κ3) is 5.78. The Labute approximate surface area is 194 Å². The fourth-order valence-electron chi connectivity index (χ4n) is 3.38. The highest BCUT2D eigenvalue weighted by atomic mass is 127. The van der Waals surface area contributed by atoms with Gasteiger partial charge in [0.25, 0.3) is 0 Å². The number of hydrogen-bond donors (Lipinski definition) is 2. The SMILES string of the molecule is CCNC(=NCC(=O)N1CCCc2ccccc21)Nc1ccc(OC)c(OC)c1.I. The van der Waals surface area contributed by atoms with Crippen LogP contribution in [0, 0.1) is 0 Å². The molecule has 0 fully saturated rings. The van der Waals surface area contributed by atoms with Crippen LogP contribution in [-0.4, -0.2) is 45.7 Å². The molecule has 0 aromatic heterocycles. The number of nitrogens with one attached hydrogen (secondary N) is 2. The number of hydrogen-bond acceptors (Lipinski definition) is 4. The van der Waals surface area contributed by atoms with Gasteiger partial charge in [-0.15, -0.1) is 24.0 Å². The summed E-state index contributed by atoms with van der Waals surface area (Å²) in [4.78, 5) is 19.2. The molecule has 1 amide bonds. The molecule has 162 valence electrons. The Bertz CT molecular complexity index is 888. The maximum absolute atomic E-state index is 12.8. The summed E-state index contributed by atoms with van der Waals surface area (Å²) in [6, 6.07) is 13.6. The van der Waals surface area contributed by atoms with Crippen LogP contribution < -0.4 is 25.0 Å². The van der Waals surface area contributed by atoms with Gasteiger partial charge < -0.3 is 25.0 Å². The molecule has 0 radical (unpaired) electrons. The first kappa shape index (κ1) is 23.8. The van der Waals surface area contributed by atoms with Crippen LogP contribution in [0.2, 0.25) is 0 Å². The average molecular weight is 524 g/mol. The van der Waals surface area contributed by atoms with E-state index >= 15 is 0 Å². The Morgan fingerprint density at radius 1 is 1.13 bits per heavy atom. The minimum Gasteiger partial charge on any atom is -0.493 e. The molecule has 0 spiro atoms. The summed E-state index contributed by atoms with van der Waals surface area (Å²) in [6.45, 7) is 3.45. The fourth-order valence-corrected chi connectivity index (χ4v) is 3.38. The van der Waals surface area contributed by atoms with Crippen molar-refractivity contribution in [2.75, 3.05) is 44.1 Å². The van der Waals surface area contributed by atoms with E-state index in [1.807, 2.05) is 48.2 Å². The molecule has 0 saturated carbocycles. The zero-order valence-electron chi connectivity index (χ0n) is 17.6. The van der Waals surface area contributed by atoms with E-state index in [0.29, 0.717) is 24.0 Å². The van der Waals surface area contributed by atoms with Crippen LogP contribution in [0.15, 0.2) is 47.5 Å². The van der Waals surface area contributed by atoms with Crippen LogP contribution in [0.3, 0.4) is 0 Å². The van der Waals surface area contributed by atoms with E-state index in [2.05, 4.69) is 21.7 Å². The van der Waals surface area contributed by atoms with Crippen molar-refractivity contribution in [3.05, 3.63) is 48.0 Å². The van der Waals surface area contributed by atoms with Crippen molar-refractivity contribution in [1.82, 2.24) is 5.32 Å². The molecule has 30 heavy (non-hydrogen) atoms. The van der Waals surface area contributed by atoms with Crippen molar-refractivity contribution < 1.29 is 14.3 Å².